The third-order valence-electron chi connectivity index (χ3n) is 2.46. The van der Waals surface area contributed by atoms with Crippen molar-refractivity contribution in [3.63, 3.8) is 0 Å². The lowest BCUT2D eigenvalue weighted by Crippen LogP contribution is -2.41. The van der Waals surface area contributed by atoms with E-state index in [1.54, 1.807) is 12.2 Å². The van der Waals surface area contributed by atoms with Crippen LogP contribution in [-0.4, -0.2) is 23.2 Å². The van der Waals surface area contributed by atoms with E-state index in [1.807, 2.05) is 26.8 Å². The fourth-order valence-corrected chi connectivity index (χ4v) is 1.06. The van der Waals surface area contributed by atoms with E-state index in [9.17, 15) is 9.90 Å². The van der Waals surface area contributed by atoms with E-state index >= 15 is 0 Å². The summed E-state index contributed by atoms with van der Waals surface area (Å²) >= 11 is 0. The van der Waals surface area contributed by atoms with Crippen molar-refractivity contribution >= 4 is 5.91 Å². The molecule has 0 fully saturated rings. The number of allylic oxidation sites excluding steroid dienone is 3. The fourth-order valence-electron chi connectivity index (χ4n) is 1.06. The molecule has 2 N–H and O–H groups in total. The molecule has 0 rings (SSSR count). The van der Waals surface area contributed by atoms with Gasteiger partial charge in [0.15, 0.2) is 0 Å². The summed E-state index contributed by atoms with van der Waals surface area (Å²) in [6.07, 6.45) is 8.03. The molecule has 0 aliphatic carbocycles. The fraction of sp³-hybridized carbons (Fsp3) is 0.583. The lowest BCUT2D eigenvalue weighted by atomic mass is 9.98. The van der Waals surface area contributed by atoms with Gasteiger partial charge in [-0.3, -0.25) is 4.79 Å². The Morgan fingerprint density at radius 2 is 1.93 bits per heavy atom. The Balaban J connectivity index is 3.99. The predicted octanol–water partition coefficient (Wildman–Crippen LogP) is 1.79. The van der Waals surface area contributed by atoms with E-state index in [2.05, 4.69) is 5.32 Å². The largest absolute Gasteiger partial charge is 0.388 e. The quantitative estimate of drug-likeness (QED) is 0.520. The third kappa shape index (κ3) is 6.07. The van der Waals surface area contributed by atoms with E-state index in [-0.39, 0.29) is 5.91 Å². The number of hydrogen-bond donors (Lipinski definition) is 2. The number of nitrogens with one attached hydrogen (secondary N) is 1. The van der Waals surface area contributed by atoms with Gasteiger partial charge in [-0.15, -0.1) is 0 Å². The van der Waals surface area contributed by atoms with E-state index in [0.29, 0.717) is 19.4 Å². The zero-order valence-electron chi connectivity index (χ0n) is 9.79. The molecule has 0 atom stereocenters. The molecule has 3 heteroatoms. The molecule has 0 bridgehead atoms. The van der Waals surface area contributed by atoms with Crippen LogP contribution in [0.4, 0.5) is 0 Å². The topological polar surface area (TPSA) is 49.3 Å². The van der Waals surface area contributed by atoms with Crippen molar-refractivity contribution in [3.8, 4) is 0 Å². The highest BCUT2D eigenvalue weighted by atomic mass is 16.3. The molecule has 0 spiro atoms. The first-order chi connectivity index (χ1) is 7.08. The molecule has 15 heavy (non-hydrogen) atoms. The molecule has 0 unspecified atom stereocenters. The van der Waals surface area contributed by atoms with Crippen LogP contribution in [0.25, 0.3) is 0 Å². The summed E-state index contributed by atoms with van der Waals surface area (Å²) in [4.78, 5) is 11.3. The van der Waals surface area contributed by atoms with Gasteiger partial charge in [-0.2, -0.15) is 0 Å². The van der Waals surface area contributed by atoms with Gasteiger partial charge in [0, 0.05) is 12.6 Å². The number of hydrogen-bond acceptors (Lipinski definition) is 2. The van der Waals surface area contributed by atoms with Crippen LogP contribution in [0.5, 0.6) is 0 Å². The number of aliphatic hydroxyl groups is 1. The SMILES string of the molecule is CC=CC=CC(=O)NCC(O)(CC)CC. The Bertz CT molecular complexity index is 240. The minimum Gasteiger partial charge on any atom is -0.388 e. The molecule has 0 aromatic heterocycles. The predicted molar refractivity (Wildman–Crippen MR) is 62.5 cm³/mol. The van der Waals surface area contributed by atoms with Crippen LogP contribution in [0.3, 0.4) is 0 Å². The second-order valence-electron chi connectivity index (χ2n) is 3.53. The molecule has 0 saturated carbocycles. The molecule has 0 radical (unpaired) electrons. The maximum atomic E-state index is 11.3. The Morgan fingerprint density at radius 3 is 2.40 bits per heavy atom. The molecular weight excluding hydrogens is 190 g/mol. The summed E-state index contributed by atoms with van der Waals surface area (Å²) in [5.41, 5.74) is -0.774. The van der Waals surface area contributed by atoms with Crippen molar-refractivity contribution in [2.45, 2.75) is 39.2 Å². The molecule has 0 aromatic carbocycles. The average Bonchev–Trinajstić information content (AvgIpc) is 2.26. The van der Waals surface area contributed by atoms with Crippen LogP contribution < -0.4 is 5.32 Å². The second-order valence-corrected chi connectivity index (χ2v) is 3.53. The van der Waals surface area contributed by atoms with Gasteiger partial charge >= 0.3 is 0 Å². The van der Waals surface area contributed by atoms with Crippen molar-refractivity contribution in [2.24, 2.45) is 0 Å². The summed E-state index contributed by atoms with van der Waals surface area (Å²) in [5.74, 6) is -0.173. The maximum Gasteiger partial charge on any atom is 0.244 e. The lowest BCUT2D eigenvalue weighted by molar-refractivity contribution is -0.117. The van der Waals surface area contributed by atoms with Crippen molar-refractivity contribution in [1.29, 1.82) is 0 Å². The van der Waals surface area contributed by atoms with Crippen LogP contribution in [0.2, 0.25) is 0 Å². The molecule has 0 aliphatic heterocycles. The Labute approximate surface area is 91.9 Å². The molecule has 1 amide bonds. The molecule has 0 aliphatic rings. The van der Waals surface area contributed by atoms with Crippen molar-refractivity contribution < 1.29 is 9.90 Å². The highest BCUT2D eigenvalue weighted by Gasteiger charge is 2.21. The molecular formula is C12H21NO2. The normalized spacial score (nSPS) is 12.5. The van der Waals surface area contributed by atoms with E-state index in [0.717, 1.165) is 0 Å². The van der Waals surface area contributed by atoms with E-state index in [4.69, 9.17) is 0 Å². The van der Waals surface area contributed by atoms with Gasteiger partial charge in [0.2, 0.25) is 5.91 Å². The monoisotopic (exact) mass is 211 g/mol. The van der Waals surface area contributed by atoms with Gasteiger partial charge in [0.1, 0.15) is 0 Å². The number of amides is 1. The summed E-state index contributed by atoms with van der Waals surface area (Å²) in [7, 11) is 0. The first-order valence-electron chi connectivity index (χ1n) is 5.37. The molecule has 0 saturated heterocycles. The molecule has 3 nitrogen and oxygen atoms in total. The third-order valence-corrected chi connectivity index (χ3v) is 2.46. The Hall–Kier alpha value is -1.09. The van der Waals surface area contributed by atoms with Crippen molar-refractivity contribution in [1.82, 2.24) is 5.32 Å². The molecule has 0 aromatic rings. The average molecular weight is 211 g/mol. The Kier molecular flexibility index (Phi) is 6.71. The minimum absolute atomic E-state index is 0.173. The van der Waals surface area contributed by atoms with Crippen LogP contribution >= 0.6 is 0 Å². The first kappa shape index (κ1) is 13.9. The highest BCUT2D eigenvalue weighted by Crippen LogP contribution is 2.12. The van der Waals surface area contributed by atoms with E-state index in [1.165, 1.54) is 6.08 Å². The summed E-state index contributed by atoms with van der Waals surface area (Å²) in [5, 5.41) is 12.6. The lowest BCUT2D eigenvalue weighted by Gasteiger charge is -2.24. The smallest absolute Gasteiger partial charge is 0.244 e. The first-order valence-corrected chi connectivity index (χ1v) is 5.37. The van der Waals surface area contributed by atoms with Gasteiger partial charge in [0.25, 0.3) is 0 Å². The number of rotatable bonds is 6. The second kappa shape index (κ2) is 7.23. The number of carbonyl (C=O) groups excluding carboxylic acids is 1. The summed E-state index contributed by atoms with van der Waals surface area (Å²) in [6, 6.07) is 0. The van der Waals surface area contributed by atoms with E-state index < -0.39 is 5.60 Å². The summed E-state index contributed by atoms with van der Waals surface area (Å²) in [6.45, 7) is 6.00. The Morgan fingerprint density at radius 1 is 1.33 bits per heavy atom. The zero-order chi connectivity index (χ0) is 11.7. The standard InChI is InChI=1S/C12H21NO2/c1-4-7-8-9-11(14)13-10-12(15,5-2)6-3/h4,7-9,15H,5-6,10H2,1-3H3,(H,13,14). The van der Waals surface area contributed by atoms with Crippen LogP contribution in [0.1, 0.15) is 33.6 Å². The van der Waals surface area contributed by atoms with Crippen molar-refractivity contribution in [3.05, 3.63) is 24.3 Å². The van der Waals surface area contributed by atoms with Gasteiger partial charge in [-0.1, -0.05) is 32.1 Å². The summed E-state index contributed by atoms with van der Waals surface area (Å²) < 4.78 is 0. The van der Waals surface area contributed by atoms with Gasteiger partial charge in [-0.05, 0) is 19.8 Å². The molecule has 86 valence electrons. The maximum absolute atomic E-state index is 11.3. The van der Waals surface area contributed by atoms with Crippen LogP contribution in [0, 0.1) is 0 Å². The molecule has 0 heterocycles. The van der Waals surface area contributed by atoms with Crippen molar-refractivity contribution in [2.75, 3.05) is 6.54 Å². The van der Waals surface area contributed by atoms with Crippen LogP contribution in [-0.2, 0) is 4.79 Å². The van der Waals surface area contributed by atoms with Gasteiger partial charge in [0.05, 0.1) is 5.60 Å². The van der Waals surface area contributed by atoms with Gasteiger partial charge in [-0.25, -0.2) is 0 Å². The number of carbonyl (C=O) groups is 1. The van der Waals surface area contributed by atoms with Gasteiger partial charge < -0.3 is 10.4 Å². The highest BCUT2D eigenvalue weighted by molar-refractivity contribution is 5.87. The minimum atomic E-state index is -0.774. The van der Waals surface area contributed by atoms with Crippen LogP contribution in [0.15, 0.2) is 24.3 Å². The zero-order valence-corrected chi connectivity index (χ0v) is 9.79.